The maximum Gasteiger partial charge on any atom is 0.344 e. The molecule has 21 heavy (non-hydrogen) atoms. The van der Waals surface area contributed by atoms with Crippen LogP contribution in [0.4, 0.5) is 5.69 Å². The average Bonchev–Trinajstić information content (AvgIpc) is 2.49. The van der Waals surface area contributed by atoms with Crippen molar-refractivity contribution in [3.63, 3.8) is 0 Å². The lowest BCUT2D eigenvalue weighted by molar-refractivity contribution is 0.562. The summed E-state index contributed by atoms with van der Waals surface area (Å²) in [6.45, 7) is 1.91. The zero-order valence-electron chi connectivity index (χ0n) is 11.3. The molecule has 3 nitrogen and oxygen atoms in total. The van der Waals surface area contributed by atoms with E-state index in [0.717, 1.165) is 10.9 Å². The molecular formula is C17H11NO2S. The summed E-state index contributed by atoms with van der Waals surface area (Å²) < 4.78 is 5.42. The van der Waals surface area contributed by atoms with Crippen molar-refractivity contribution in [1.82, 2.24) is 0 Å². The summed E-state index contributed by atoms with van der Waals surface area (Å²) in [5.41, 5.74) is 2.90. The molecule has 0 unspecified atom stereocenters. The quantitative estimate of drug-likeness (QED) is 0.397. The summed E-state index contributed by atoms with van der Waals surface area (Å²) in [7, 11) is 0. The van der Waals surface area contributed by atoms with Crippen molar-refractivity contribution in [3.05, 3.63) is 64.5 Å². The van der Waals surface area contributed by atoms with Gasteiger partial charge in [-0.2, -0.15) is 4.99 Å². The third kappa shape index (κ3) is 2.31. The zero-order chi connectivity index (χ0) is 14.8. The number of fused-ring (bicyclic) bond motifs is 1. The standard InChI is InChI=1S/C17H11NO2S/c1-11-12-6-3-5-9-15(12)20-17(19)16(11)13-7-2-4-8-14(13)18-10-21/h2-9H,1H3. The van der Waals surface area contributed by atoms with Crippen LogP contribution in [0.3, 0.4) is 0 Å². The Bertz CT molecular complexity index is 937. The fourth-order valence-electron chi connectivity index (χ4n) is 2.45. The minimum atomic E-state index is -0.377. The second kappa shape index (κ2) is 5.44. The molecule has 0 aliphatic rings. The maximum atomic E-state index is 12.4. The van der Waals surface area contributed by atoms with Gasteiger partial charge in [0.25, 0.3) is 0 Å². The van der Waals surface area contributed by atoms with Gasteiger partial charge in [-0.1, -0.05) is 36.4 Å². The molecule has 2 aromatic carbocycles. The Kier molecular flexibility index (Phi) is 3.48. The van der Waals surface area contributed by atoms with Gasteiger partial charge in [0.15, 0.2) is 0 Å². The highest BCUT2D eigenvalue weighted by Gasteiger charge is 2.15. The molecule has 102 valence electrons. The second-order valence-electron chi connectivity index (χ2n) is 4.61. The molecule has 0 bridgehead atoms. The minimum absolute atomic E-state index is 0.377. The Balaban J connectivity index is 2.41. The molecular weight excluding hydrogens is 282 g/mol. The van der Waals surface area contributed by atoms with E-state index in [0.29, 0.717) is 22.4 Å². The summed E-state index contributed by atoms with van der Waals surface area (Å²) in [5.74, 6) is 0. The van der Waals surface area contributed by atoms with Crippen LogP contribution in [0.15, 0.2) is 62.7 Å². The molecule has 0 aliphatic heterocycles. The molecule has 0 saturated carbocycles. The molecule has 0 aliphatic carbocycles. The first-order valence-corrected chi connectivity index (χ1v) is 6.83. The molecule has 0 atom stereocenters. The fraction of sp³-hybridized carbons (Fsp3) is 0.0588. The van der Waals surface area contributed by atoms with E-state index in [4.69, 9.17) is 4.42 Å². The Morgan fingerprint density at radius 1 is 1.10 bits per heavy atom. The lowest BCUT2D eigenvalue weighted by atomic mass is 9.98. The van der Waals surface area contributed by atoms with E-state index in [9.17, 15) is 4.79 Å². The average molecular weight is 293 g/mol. The molecule has 1 heterocycles. The summed E-state index contributed by atoms with van der Waals surface area (Å²) in [6, 6.07) is 14.8. The van der Waals surface area contributed by atoms with Gasteiger partial charge in [0.05, 0.1) is 16.4 Å². The van der Waals surface area contributed by atoms with Gasteiger partial charge >= 0.3 is 5.63 Å². The van der Waals surface area contributed by atoms with Gasteiger partial charge in [-0.3, -0.25) is 0 Å². The fourth-order valence-corrected chi connectivity index (χ4v) is 2.55. The van der Waals surface area contributed by atoms with Crippen molar-refractivity contribution in [2.45, 2.75) is 6.92 Å². The SMILES string of the molecule is Cc1c(-c2ccccc2N=C=S)c(=O)oc2ccccc12. The number of aliphatic imine (C=N–C) groups is 1. The van der Waals surface area contributed by atoms with Crippen LogP contribution in [0.1, 0.15) is 5.56 Å². The van der Waals surface area contributed by atoms with Crippen molar-refractivity contribution in [2.75, 3.05) is 0 Å². The molecule has 0 spiro atoms. The van der Waals surface area contributed by atoms with Crippen LogP contribution < -0.4 is 5.63 Å². The van der Waals surface area contributed by atoms with Gasteiger partial charge in [-0.05, 0) is 36.8 Å². The monoisotopic (exact) mass is 293 g/mol. The van der Waals surface area contributed by atoms with Crippen LogP contribution >= 0.6 is 12.2 Å². The van der Waals surface area contributed by atoms with Gasteiger partial charge in [-0.15, -0.1) is 0 Å². The first kappa shape index (κ1) is 13.4. The van der Waals surface area contributed by atoms with Crippen LogP contribution in [0.25, 0.3) is 22.1 Å². The number of isothiocyanates is 1. The van der Waals surface area contributed by atoms with Gasteiger partial charge in [0.2, 0.25) is 0 Å². The molecule has 4 heteroatoms. The zero-order valence-corrected chi connectivity index (χ0v) is 12.1. The van der Waals surface area contributed by atoms with E-state index < -0.39 is 0 Å². The van der Waals surface area contributed by atoms with Gasteiger partial charge in [0, 0.05) is 10.9 Å². The van der Waals surface area contributed by atoms with E-state index in [2.05, 4.69) is 22.4 Å². The molecule has 0 amide bonds. The van der Waals surface area contributed by atoms with Crippen LogP contribution in [0.5, 0.6) is 0 Å². The topological polar surface area (TPSA) is 42.6 Å². The molecule has 0 saturated heterocycles. The predicted octanol–water partition coefficient (Wildman–Crippen LogP) is 4.50. The number of para-hydroxylation sites is 2. The summed E-state index contributed by atoms with van der Waals surface area (Å²) in [6.07, 6.45) is 0. The highest BCUT2D eigenvalue weighted by atomic mass is 32.1. The number of hydrogen-bond donors (Lipinski definition) is 0. The van der Waals surface area contributed by atoms with Crippen LogP contribution in [-0.4, -0.2) is 5.16 Å². The summed E-state index contributed by atoms with van der Waals surface area (Å²) >= 11 is 4.67. The normalized spacial score (nSPS) is 10.3. The van der Waals surface area contributed by atoms with Crippen molar-refractivity contribution < 1.29 is 4.42 Å². The smallest absolute Gasteiger partial charge is 0.344 e. The van der Waals surface area contributed by atoms with E-state index in [-0.39, 0.29) is 5.63 Å². The number of benzene rings is 2. The third-order valence-corrected chi connectivity index (χ3v) is 3.50. The van der Waals surface area contributed by atoms with Gasteiger partial charge in [-0.25, -0.2) is 4.79 Å². The molecule has 3 aromatic rings. The highest BCUT2D eigenvalue weighted by molar-refractivity contribution is 7.78. The number of nitrogens with zero attached hydrogens (tertiary/aromatic N) is 1. The minimum Gasteiger partial charge on any atom is -0.422 e. The molecule has 3 rings (SSSR count). The first-order valence-electron chi connectivity index (χ1n) is 6.42. The summed E-state index contributed by atoms with van der Waals surface area (Å²) in [4.78, 5) is 16.4. The molecule has 1 aromatic heterocycles. The maximum absolute atomic E-state index is 12.4. The van der Waals surface area contributed by atoms with Crippen molar-refractivity contribution in [1.29, 1.82) is 0 Å². The van der Waals surface area contributed by atoms with E-state index >= 15 is 0 Å². The lowest BCUT2D eigenvalue weighted by Crippen LogP contribution is -2.06. The highest BCUT2D eigenvalue weighted by Crippen LogP contribution is 2.32. The van der Waals surface area contributed by atoms with Crippen molar-refractivity contribution in [3.8, 4) is 11.1 Å². The Morgan fingerprint density at radius 3 is 2.62 bits per heavy atom. The van der Waals surface area contributed by atoms with Crippen LogP contribution in [0, 0.1) is 6.92 Å². The molecule has 0 fully saturated rings. The number of rotatable bonds is 2. The van der Waals surface area contributed by atoms with Crippen molar-refractivity contribution in [2.24, 2.45) is 4.99 Å². The lowest BCUT2D eigenvalue weighted by Gasteiger charge is -2.09. The van der Waals surface area contributed by atoms with E-state index in [1.807, 2.05) is 43.3 Å². The van der Waals surface area contributed by atoms with Crippen LogP contribution in [-0.2, 0) is 0 Å². The van der Waals surface area contributed by atoms with E-state index in [1.165, 1.54) is 0 Å². The van der Waals surface area contributed by atoms with Gasteiger partial charge < -0.3 is 4.42 Å². The Hall–Kier alpha value is -2.55. The first-order chi connectivity index (χ1) is 10.2. The molecule has 0 N–H and O–H groups in total. The van der Waals surface area contributed by atoms with E-state index in [1.54, 1.807) is 12.1 Å². The second-order valence-corrected chi connectivity index (χ2v) is 4.79. The third-order valence-electron chi connectivity index (χ3n) is 3.41. The number of thiocarbonyl (C=S) groups is 1. The Labute approximate surface area is 126 Å². The number of hydrogen-bond acceptors (Lipinski definition) is 4. The van der Waals surface area contributed by atoms with Gasteiger partial charge in [0.1, 0.15) is 5.58 Å². The predicted molar refractivity (Wildman–Crippen MR) is 87.3 cm³/mol. The Morgan fingerprint density at radius 2 is 1.81 bits per heavy atom. The van der Waals surface area contributed by atoms with Crippen LogP contribution in [0.2, 0.25) is 0 Å². The molecule has 0 radical (unpaired) electrons. The largest absolute Gasteiger partial charge is 0.422 e. The van der Waals surface area contributed by atoms with Crippen molar-refractivity contribution >= 4 is 34.0 Å². The summed E-state index contributed by atoms with van der Waals surface area (Å²) in [5, 5.41) is 3.26. The number of aryl methyl sites for hydroxylation is 1.